The van der Waals surface area contributed by atoms with Crippen LogP contribution in [0.15, 0.2) is 48.9 Å². The minimum absolute atomic E-state index is 0.0349. The van der Waals surface area contributed by atoms with Crippen molar-refractivity contribution < 1.29 is 4.79 Å². The number of benzene rings is 1. The number of pyridine rings is 2. The van der Waals surface area contributed by atoms with Crippen molar-refractivity contribution in [2.45, 2.75) is 52.9 Å². The second-order valence-electron chi connectivity index (χ2n) is 10.2. The number of carbonyl (C=O) groups is 1. The molecule has 0 saturated carbocycles. The molecular weight excluding hydrogens is 430 g/mol. The molecule has 172 valence electrons. The number of likely N-dealkylation sites (tertiary alicyclic amines) is 1. The molecule has 4 rings (SSSR count). The molecule has 0 bridgehead atoms. The number of halogens is 1. The van der Waals surface area contributed by atoms with Crippen LogP contribution in [0.2, 0.25) is 5.02 Å². The van der Waals surface area contributed by atoms with Crippen molar-refractivity contribution >= 4 is 17.5 Å². The maximum absolute atomic E-state index is 13.0. The average Bonchev–Trinajstić information content (AvgIpc) is 2.78. The first-order chi connectivity index (χ1) is 15.6. The third-order valence-electron chi connectivity index (χ3n) is 6.51. The second kappa shape index (κ2) is 9.26. The van der Waals surface area contributed by atoms with Crippen LogP contribution in [0.3, 0.4) is 0 Å². The Morgan fingerprint density at radius 1 is 1.09 bits per heavy atom. The van der Waals surface area contributed by atoms with Crippen molar-refractivity contribution in [1.29, 1.82) is 0 Å². The predicted octanol–water partition coefficient (Wildman–Crippen LogP) is 6.94. The molecule has 3 heterocycles. The molecule has 1 aromatic carbocycles. The van der Waals surface area contributed by atoms with Crippen molar-refractivity contribution in [3.05, 3.63) is 70.8 Å². The van der Waals surface area contributed by atoms with Gasteiger partial charge < -0.3 is 4.90 Å². The summed E-state index contributed by atoms with van der Waals surface area (Å²) in [7, 11) is 0. The lowest BCUT2D eigenvalue weighted by atomic mass is 9.89. The highest BCUT2D eigenvalue weighted by molar-refractivity contribution is 6.33. The Hall–Kier alpha value is -2.72. The lowest BCUT2D eigenvalue weighted by Crippen LogP contribution is -2.39. The number of hydrogen-bond acceptors (Lipinski definition) is 3. The molecule has 3 aromatic rings. The highest BCUT2D eigenvalue weighted by Crippen LogP contribution is 2.36. The van der Waals surface area contributed by atoms with Crippen molar-refractivity contribution in [3.8, 4) is 22.3 Å². The zero-order chi connectivity index (χ0) is 23.8. The minimum Gasteiger partial charge on any atom is -0.338 e. The van der Waals surface area contributed by atoms with E-state index in [1.54, 1.807) is 6.07 Å². The molecule has 1 aliphatic rings. The SMILES string of the molecule is Cc1c(-c2ccnc(C(C)(C)C)c2)cncc1-c1ccc(C(=O)N2CCCC(C)C2)cc1Cl. The summed E-state index contributed by atoms with van der Waals surface area (Å²) in [6.07, 6.45) is 7.84. The van der Waals surface area contributed by atoms with Gasteiger partial charge in [0.05, 0.1) is 0 Å². The fraction of sp³-hybridized carbons (Fsp3) is 0.393. The van der Waals surface area contributed by atoms with E-state index in [1.807, 2.05) is 41.7 Å². The van der Waals surface area contributed by atoms with Gasteiger partial charge in [-0.3, -0.25) is 14.8 Å². The Morgan fingerprint density at radius 2 is 1.85 bits per heavy atom. The molecule has 5 heteroatoms. The summed E-state index contributed by atoms with van der Waals surface area (Å²) in [6.45, 7) is 12.4. The van der Waals surface area contributed by atoms with E-state index in [0.29, 0.717) is 16.5 Å². The smallest absolute Gasteiger partial charge is 0.253 e. The van der Waals surface area contributed by atoms with E-state index in [0.717, 1.165) is 53.0 Å². The maximum Gasteiger partial charge on any atom is 0.253 e. The van der Waals surface area contributed by atoms with Gasteiger partial charge in [0, 0.05) is 70.1 Å². The Balaban J connectivity index is 1.67. The van der Waals surface area contributed by atoms with E-state index >= 15 is 0 Å². The van der Waals surface area contributed by atoms with Crippen LogP contribution >= 0.6 is 11.6 Å². The van der Waals surface area contributed by atoms with Crippen molar-refractivity contribution in [2.24, 2.45) is 5.92 Å². The third kappa shape index (κ3) is 4.96. The van der Waals surface area contributed by atoms with Gasteiger partial charge in [-0.15, -0.1) is 0 Å². The summed E-state index contributed by atoms with van der Waals surface area (Å²) in [4.78, 5) is 24.0. The van der Waals surface area contributed by atoms with Crippen LogP contribution in [-0.2, 0) is 5.41 Å². The van der Waals surface area contributed by atoms with E-state index in [2.05, 4.69) is 50.7 Å². The molecule has 1 saturated heterocycles. The molecule has 1 atom stereocenters. The van der Waals surface area contributed by atoms with E-state index in [1.165, 1.54) is 6.42 Å². The summed E-state index contributed by atoms with van der Waals surface area (Å²) in [6, 6.07) is 9.79. The van der Waals surface area contributed by atoms with Gasteiger partial charge in [-0.05, 0) is 61.1 Å². The summed E-state index contributed by atoms with van der Waals surface area (Å²) < 4.78 is 0. The second-order valence-corrected chi connectivity index (χ2v) is 10.6. The van der Waals surface area contributed by atoms with Gasteiger partial charge in [0.25, 0.3) is 5.91 Å². The van der Waals surface area contributed by atoms with Gasteiger partial charge in [0.2, 0.25) is 0 Å². The van der Waals surface area contributed by atoms with Gasteiger partial charge in [-0.2, -0.15) is 0 Å². The van der Waals surface area contributed by atoms with E-state index in [4.69, 9.17) is 11.6 Å². The number of carbonyl (C=O) groups excluding carboxylic acids is 1. The van der Waals surface area contributed by atoms with E-state index in [-0.39, 0.29) is 11.3 Å². The summed E-state index contributed by atoms with van der Waals surface area (Å²) in [5.41, 5.74) is 6.74. The highest BCUT2D eigenvalue weighted by atomic mass is 35.5. The Morgan fingerprint density at radius 3 is 2.55 bits per heavy atom. The zero-order valence-corrected chi connectivity index (χ0v) is 20.9. The molecule has 0 spiro atoms. The highest BCUT2D eigenvalue weighted by Gasteiger charge is 2.23. The summed E-state index contributed by atoms with van der Waals surface area (Å²) >= 11 is 6.72. The molecule has 1 fully saturated rings. The predicted molar refractivity (Wildman–Crippen MR) is 136 cm³/mol. The molecule has 1 unspecified atom stereocenters. The number of rotatable bonds is 3. The molecule has 1 aliphatic heterocycles. The number of hydrogen-bond donors (Lipinski definition) is 0. The van der Waals surface area contributed by atoms with Crippen LogP contribution in [0.4, 0.5) is 0 Å². The van der Waals surface area contributed by atoms with E-state index in [9.17, 15) is 4.79 Å². The third-order valence-corrected chi connectivity index (χ3v) is 6.82. The molecule has 0 aliphatic carbocycles. The average molecular weight is 462 g/mol. The zero-order valence-electron chi connectivity index (χ0n) is 20.2. The summed E-state index contributed by atoms with van der Waals surface area (Å²) in [5, 5.41) is 0.568. The fourth-order valence-electron chi connectivity index (χ4n) is 4.52. The quantitative estimate of drug-likeness (QED) is 0.424. The van der Waals surface area contributed by atoms with Crippen LogP contribution in [0, 0.1) is 12.8 Å². The lowest BCUT2D eigenvalue weighted by molar-refractivity contribution is 0.0683. The number of aromatic nitrogens is 2. The molecule has 0 N–H and O–H groups in total. The molecule has 2 aromatic heterocycles. The Bertz CT molecular complexity index is 1180. The van der Waals surface area contributed by atoms with E-state index < -0.39 is 0 Å². The van der Waals surface area contributed by atoms with Gasteiger partial charge in [0.1, 0.15) is 0 Å². The first-order valence-electron chi connectivity index (χ1n) is 11.7. The first-order valence-corrected chi connectivity index (χ1v) is 12.0. The van der Waals surface area contributed by atoms with Gasteiger partial charge in [0.15, 0.2) is 0 Å². The minimum atomic E-state index is -0.0349. The van der Waals surface area contributed by atoms with Crippen molar-refractivity contribution in [2.75, 3.05) is 13.1 Å². The molecule has 4 nitrogen and oxygen atoms in total. The number of amides is 1. The summed E-state index contributed by atoms with van der Waals surface area (Å²) in [5.74, 6) is 0.603. The molecule has 1 amide bonds. The van der Waals surface area contributed by atoms with Crippen LogP contribution in [0.25, 0.3) is 22.3 Å². The standard InChI is InChI=1S/C28H32ClN3O/c1-18-7-6-12-32(17-18)27(33)21-8-9-22(25(29)13-21)24-16-30-15-23(19(24)2)20-10-11-31-26(14-20)28(3,4)5/h8-11,13-16,18H,6-7,12,17H2,1-5H3. The van der Waals surface area contributed by atoms with Gasteiger partial charge in [-0.1, -0.05) is 45.4 Å². The maximum atomic E-state index is 13.0. The largest absolute Gasteiger partial charge is 0.338 e. The lowest BCUT2D eigenvalue weighted by Gasteiger charge is -2.31. The molecule has 0 radical (unpaired) electrons. The van der Waals surface area contributed by atoms with Crippen LogP contribution in [0.5, 0.6) is 0 Å². The number of piperidine rings is 1. The monoisotopic (exact) mass is 461 g/mol. The number of nitrogens with zero attached hydrogens (tertiary/aromatic N) is 3. The van der Waals surface area contributed by atoms with Crippen LogP contribution < -0.4 is 0 Å². The van der Waals surface area contributed by atoms with Gasteiger partial charge in [-0.25, -0.2) is 0 Å². The molecular formula is C28H32ClN3O. The van der Waals surface area contributed by atoms with Gasteiger partial charge >= 0.3 is 0 Å². The normalized spacial score (nSPS) is 16.7. The van der Waals surface area contributed by atoms with Crippen LogP contribution in [-0.4, -0.2) is 33.9 Å². The first kappa shape index (κ1) is 23.4. The Kier molecular flexibility index (Phi) is 6.58. The van der Waals surface area contributed by atoms with Crippen molar-refractivity contribution in [3.63, 3.8) is 0 Å². The Labute approximate surface area is 202 Å². The topological polar surface area (TPSA) is 46.1 Å². The van der Waals surface area contributed by atoms with Crippen molar-refractivity contribution in [1.82, 2.24) is 14.9 Å². The van der Waals surface area contributed by atoms with Crippen LogP contribution in [0.1, 0.15) is 62.2 Å². The molecule has 33 heavy (non-hydrogen) atoms. The fourth-order valence-corrected chi connectivity index (χ4v) is 4.80.